The van der Waals surface area contributed by atoms with Crippen LogP contribution < -0.4 is 0 Å². The summed E-state index contributed by atoms with van der Waals surface area (Å²) in [5, 5.41) is 0. The van der Waals surface area contributed by atoms with Gasteiger partial charge in [0.05, 0.1) is 5.56 Å². The Morgan fingerprint density at radius 1 is 1.26 bits per heavy atom. The highest BCUT2D eigenvalue weighted by atomic mass is 19.1. The summed E-state index contributed by atoms with van der Waals surface area (Å²) in [6.07, 6.45) is 6.45. The van der Waals surface area contributed by atoms with Crippen LogP contribution in [0.15, 0.2) is 30.6 Å². The fraction of sp³-hybridized carbons (Fsp3) is 0.476. The van der Waals surface area contributed by atoms with Crippen molar-refractivity contribution in [1.29, 1.82) is 0 Å². The third kappa shape index (κ3) is 4.87. The van der Waals surface area contributed by atoms with Crippen LogP contribution in [0.2, 0.25) is 0 Å². The van der Waals surface area contributed by atoms with Crippen LogP contribution in [0.5, 0.6) is 0 Å². The highest BCUT2D eigenvalue weighted by Gasteiger charge is 2.25. The minimum Gasteiger partial charge on any atom is -0.338 e. The number of benzene rings is 1. The molecule has 0 aliphatic carbocycles. The van der Waals surface area contributed by atoms with E-state index in [2.05, 4.69) is 9.97 Å². The highest BCUT2D eigenvalue weighted by Crippen LogP contribution is 2.24. The van der Waals surface area contributed by atoms with E-state index in [-0.39, 0.29) is 11.8 Å². The standard InChI is InChI=1S/C21H25F2N3O/c1-14(2)20-24-11-17(12-25-20)21(27)26-9-3-4-15(13-26)5-6-16-7-8-18(22)10-19(16)23/h7-8,10-12,14-15H,3-6,9,13H2,1-2H3. The van der Waals surface area contributed by atoms with Crippen molar-refractivity contribution in [3.63, 3.8) is 0 Å². The zero-order valence-electron chi connectivity index (χ0n) is 15.8. The van der Waals surface area contributed by atoms with Gasteiger partial charge in [0.25, 0.3) is 5.91 Å². The number of carbonyl (C=O) groups excluding carboxylic acids is 1. The van der Waals surface area contributed by atoms with Crippen molar-refractivity contribution in [3.8, 4) is 0 Å². The maximum atomic E-state index is 13.8. The molecule has 1 fully saturated rings. The van der Waals surface area contributed by atoms with Gasteiger partial charge in [0, 0.05) is 37.5 Å². The Hall–Kier alpha value is -2.37. The van der Waals surface area contributed by atoms with Gasteiger partial charge >= 0.3 is 0 Å². The molecule has 1 unspecified atom stereocenters. The van der Waals surface area contributed by atoms with Gasteiger partial charge in [-0.25, -0.2) is 18.7 Å². The van der Waals surface area contributed by atoms with Crippen molar-refractivity contribution < 1.29 is 13.6 Å². The number of halogens is 2. The van der Waals surface area contributed by atoms with Crippen LogP contribution in [0, 0.1) is 17.6 Å². The molecule has 0 radical (unpaired) electrons. The summed E-state index contributed by atoms with van der Waals surface area (Å²) in [5.74, 6) is 0.147. The first kappa shape index (κ1) is 19.4. The van der Waals surface area contributed by atoms with E-state index in [0.717, 1.165) is 31.2 Å². The summed E-state index contributed by atoms with van der Waals surface area (Å²) in [6, 6.07) is 3.72. The minimum absolute atomic E-state index is 0.0528. The van der Waals surface area contributed by atoms with Gasteiger partial charge in [0.15, 0.2) is 0 Å². The van der Waals surface area contributed by atoms with E-state index < -0.39 is 11.6 Å². The first-order valence-electron chi connectivity index (χ1n) is 9.49. The first-order valence-corrected chi connectivity index (χ1v) is 9.49. The van der Waals surface area contributed by atoms with E-state index in [1.807, 2.05) is 18.7 Å². The van der Waals surface area contributed by atoms with Crippen molar-refractivity contribution in [3.05, 3.63) is 59.2 Å². The van der Waals surface area contributed by atoms with Crippen LogP contribution in [0.1, 0.15) is 60.8 Å². The lowest BCUT2D eigenvalue weighted by Gasteiger charge is -2.33. The first-order chi connectivity index (χ1) is 12.9. The summed E-state index contributed by atoms with van der Waals surface area (Å²) in [6.45, 7) is 5.38. The number of piperidine rings is 1. The largest absolute Gasteiger partial charge is 0.338 e. The number of nitrogens with zero attached hydrogens (tertiary/aromatic N) is 3. The molecule has 1 amide bonds. The van der Waals surface area contributed by atoms with Gasteiger partial charge in [-0.3, -0.25) is 4.79 Å². The van der Waals surface area contributed by atoms with E-state index in [0.29, 0.717) is 36.6 Å². The molecule has 0 spiro atoms. The number of amides is 1. The molecular formula is C21H25F2N3O. The van der Waals surface area contributed by atoms with Crippen molar-refractivity contribution in [1.82, 2.24) is 14.9 Å². The SMILES string of the molecule is CC(C)c1ncc(C(=O)N2CCCC(CCc3ccc(F)cc3F)C2)cn1. The summed E-state index contributed by atoms with van der Waals surface area (Å²) < 4.78 is 26.8. The molecule has 144 valence electrons. The Morgan fingerprint density at radius 3 is 2.67 bits per heavy atom. The van der Waals surface area contributed by atoms with Crippen molar-refractivity contribution in [2.45, 2.75) is 45.4 Å². The molecule has 1 aliphatic rings. The summed E-state index contributed by atoms with van der Waals surface area (Å²) in [5.41, 5.74) is 1.03. The van der Waals surface area contributed by atoms with Gasteiger partial charge in [-0.2, -0.15) is 0 Å². The minimum atomic E-state index is -0.559. The van der Waals surface area contributed by atoms with Gasteiger partial charge in [0.1, 0.15) is 17.5 Å². The Bertz CT molecular complexity index is 793. The third-order valence-electron chi connectivity index (χ3n) is 5.08. The average molecular weight is 373 g/mol. The van der Waals surface area contributed by atoms with E-state index in [1.165, 1.54) is 12.1 Å². The van der Waals surface area contributed by atoms with Crippen LogP contribution in [0.4, 0.5) is 8.78 Å². The van der Waals surface area contributed by atoms with Gasteiger partial charge in [-0.15, -0.1) is 0 Å². The highest BCUT2D eigenvalue weighted by molar-refractivity contribution is 5.93. The Labute approximate surface area is 158 Å². The Morgan fingerprint density at radius 2 is 2.00 bits per heavy atom. The fourth-order valence-corrected chi connectivity index (χ4v) is 3.50. The molecule has 6 heteroatoms. The van der Waals surface area contributed by atoms with Gasteiger partial charge < -0.3 is 4.90 Å². The van der Waals surface area contributed by atoms with Crippen molar-refractivity contribution in [2.75, 3.05) is 13.1 Å². The fourth-order valence-electron chi connectivity index (χ4n) is 3.50. The molecule has 1 aliphatic heterocycles. The maximum Gasteiger partial charge on any atom is 0.256 e. The monoisotopic (exact) mass is 373 g/mol. The summed E-state index contributed by atoms with van der Waals surface area (Å²) in [4.78, 5) is 23.1. The second kappa shape index (κ2) is 8.55. The number of hydrogen-bond acceptors (Lipinski definition) is 3. The number of aromatic nitrogens is 2. The lowest BCUT2D eigenvalue weighted by atomic mass is 9.91. The lowest BCUT2D eigenvalue weighted by Crippen LogP contribution is -2.40. The van der Waals surface area contributed by atoms with E-state index >= 15 is 0 Å². The number of likely N-dealkylation sites (tertiary alicyclic amines) is 1. The van der Waals surface area contributed by atoms with Gasteiger partial charge in [-0.05, 0) is 43.2 Å². The molecule has 2 aromatic rings. The van der Waals surface area contributed by atoms with Crippen LogP contribution >= 0.6 is 0 Å². The van der Waals surface area contributed by atoms with Gasteiger partial charge in [0.2, 0.25) is 0 Å². The normalized spacial score (nSPS) is 17.4. The molecule has 1 atom stereocenters. The quantitative estimate of drug-likeness (QED) is 0.782. The molecule has 1 aromatic carbocycles. The molecular weight excluding hydrogens is 348 g/mol. The second-order valence-electron chi connectivity index (χ2n) is 7.52. The van der Waals surface area contributed by atoms with Crippen LogP contribution in [-0.4, -0.2) is 33.9 Å². The van der Waals surface area contributed by atoms with Crippen LogP contribution in [0.25, 0.3) is 0 Å². The van der Waals surface area contributed by atoms with E-state index in [4.69, 9.17) is 0 Å². The van der Waals surface area contributed by atoms with Crippen molar-refractivity contribution >= 4 is 5.91 Å². The number of rotatable bonds is 5. The molecule has 0 saturated carbocycles. The van der Waals surface area contributed by atoms with Crippen LogP contribution in [-0.2, 0) is 6.42 Å². The van der Waals surface area contributed by atoms with Crippen molar-refractivity contribution in [2.24, 2.45) is 5.92 Å². The maximum absolute atomic E-state index is 13.8. The molecule has 2 heterocycles. The molecule has 27 heavy (non-hydrogen) atoms. The summed E-state index contributed by atoms with van der Waals surface area (Å²) >= 11 is 0. The van der Waals surface area contributed by atoms with E-state index in [9.17, 15) is 13.6 Å². The predicted molar refractivity (Wildman–Crippen MR) is 99.4 cm³/mol. The Balaban J connectivity index is 1.59. The molecule has 4 nitrogen and oxygen atoms in total. The predicted octanol–water partition coefficient (Wildman–Crippen LogP) is 4.36. The molecule has 1 aromatic heterocycles. The smallest absolute Gasteiger partial charge is 0.256 e. The second-order valence-corrected chi connectivity index (χ2v) is 7.52. The Kier molecular flexibility index (Phi) is 6.14. The number of carbonyl (C=O) groups is 1. The molecule has 0 bridgehead atoms. The van der Waals surface area contributed by atoms with Crippen LogP contribution in [0.3, 0.4) is 0 Å². The molecule has 1 saturated heterocycles. The number of aryl methyl sites for hydroxylation is 1. The third-order valence-corrected chi connectivity index (χ3v) is 5.08. The molecule has 3 rings (SSSR count). The number of hydrogen-bond donors (Lipinski definition) is 0. The zero-order chi connectivity index (χ0) is 19.4. The van der Waals surface area contributed by atoms with E-state index in [1.54, 1.807) is 12.4 Å². The summed E-state index contributed by atoms with van der Waals surface area (Å²) in [7, 11) is 0. The topological polar surface area (TPSA) is 46.1 Å². The van der Waals surface area contributed by atoms with Gasteiger partial charge in [-0.1, -0.05) is 19.9 Å². The molecule has 0 N–H and O–H groups in total. The average Bonchev–Trinajstić information content (AvgIpc) is 2.67. The lowest BCUT2D eigenvalue weighted by molar-refractivity contribution is 0.0667. The zero-order valence-corrected chi connectivity index (χ0v) is 15.8.